The summed E-state index contributed by atoms with van der Waals surface area (Å²) in [6, 6.07) is 5.35. The molecule has 3 heterocycles. The molecule has 4 rings (SSSR count). The van der Waals surface area contributed by atoms with E-state index in [1.165, 1.54) is 6.20 Å². The molecular weight excluding hydrogens is 396 g/mol. The first-order chi connectivity index (χ1) is 15.0. The van der Waals surface area contributed by atoms with Crippen molar-refractivity contribution in [2.45, 2.75) is 38.8 Å². The number of rotatable bonds is 6. The van der Waals surface area contributed by atoms with Gasteiger partial charge in [0.15, 0.2) is 5.82 Å². The zero-order chi connectivity index (χ0) is 22.0. The highest BCUT2D eigenvalue weighted by Gasteiger charge is 2.31. The summed E-state index contributed by atoms with van der Waals surface area (Å²) in [4.78, 5) is 40.0. The maximum Gasteiger partial charge on any atom is 0.254 e. The van der Waals surface area contributed by atoms with Gasteiger partial charge in [0.25, 0.3) is 11.8 Å². The number of nitrogens with zero attached hydrogens (tertiary/aromatic N) is 5. The molecule has 1 fully saturated rings. The number of amides is 2. The normalized spacial score (nSPS) is 16.6. The number of aryl methyl sites for hydroxylation is 1. The van der Waals surface area contributed by atoms with E-state index >= 15 is 0 Å². The zero-order valence-electron chi connectivity index (χ0n) is 17.7. The topological polar surface area (TPSA) is 116 Å². The van der Waals surface area contributed by atoms with Gasteiger partial charge < -0.3 is 19.9 Å². The zero-order valence-corrected chi connectivity index (χ0v) is 17.7. The summed E-state index contributed by atoms with van der Waals surface area (Å²) in [6.45, 7) is 3.65. The fourth-order valence-electron chi connectivity index (χ4n) is 4.06. The van der Waals surface area contributed by atoms with E-state index < -0.39 is 5.91 Å². The number of nitrogens with two attached hydrogens (primary N) is 1. The summed E-state index contributed by atoms with van der Waals surface area (Å²) in [5, 5.41) is 0. The lowest BCUT2D eigenvalue weighted by Crippen LogP contribution is -2.39. The van der Waals surface area contributed by atoms with Gasteiger partial charge in [-0.15, -0.1) is 0 Å². The number of piperidine rings is 1. The van der Waals surface area contributed by atoms with E-state index in [1.807, 2.05) is 27.7 Å². The number of benzene rings is 1. The number of carbonyl (C=O) groups excluding carboxylic acids is 2. The largest absolute Gasteiger partial charge is 0.383 e. The van der Waals surface area contributed by atoms with Crippen LogP contribution >= 0.6 is 0 Å². The third-order valence-corrected chi connectivity index (χ3v) is 5.73. The number of primary amides is 1. The SMILES string of the molecule is COCCn1cnc2cc(C(=O)N3CCCC[C@H]3c3ncc(C(N)=O)c(C)n3)ccc21. The number of likely N-dealkylation sites (tertiary alicyclic amines) is 1. The van der Waals surface area contributed by atoms with Crippen molar-refractivity contribution in [2.75, 3.05) is 20.3 Å². The fourth-order valence-corrected chi connectivity index (χ4v) is 4.06. The molecule has 31 heavy (non-hydrogen) atoms. The molecule has 0 unspecified atom stereocenters. The molecule has 1 aromatic carbocycles. The van der Waals surface area contributed by atoms with Crippen molar-refractivity contribution in [2.24, 2.45) is 5.73 Å². The molecule has 1 atom stereocenters. The number of hydrogen-bond donors (Lipinski definition) is 1. The number of aromatic nitrogens is 4. The molecule has 0 aliphatic carbocycles. The summed E-state index contributed by atoms with van der Waals surface area (Å²) < 4.78 is 7.15. The maximum atomic E-state index is 13.4. The van der Waals surface area contributed by atoms with Crippen LogP contribution in [-0.4, -0.2) is 56.5 Å². The molecule has 0 saturated carbocycles. The molecule has 9 nitrogen and oxygen atoms in total. The Morgan fingerprint density at radius 3 is 2.84 bits per heavy atom. The van der Waals surface area contributed by atoms with Crippen LogP contribution in [0.2, 0.25) is 0 Å². The van der Waals surface area contributed by atoms with Gasteiger partial charge in [-0.2, -0.15) is 0 Å². The monoisotopic (exact) mass is 422 g/mol. The Labute approximate surface area is 180 Å². The first kappa shape index (κ1) is 20.9. The van der Waals surface area contributed by atoms with Crippen molar-refractivity contribution in [3.63, 3.8) is 0 Å². The van der Waals surface area contributed by atoms with Gasteiger partial charge in [0.1, 0.15) is 0 Å². The minimum atomic E-state index is -0.557. The molecular formula is C22H26N6O3. The molecule has 2 amide bonds. The molecule has 2 aromatic heterocycles. The van der Waals surface area contributed by atoms with Crippen molar-refractivity contribution in [1.82, 2.24) is 24.4 Å². The Bertz CT molecular complexity index is 1130. The highest BCUT2D eigenvalue weighted by atomic mass is 16.5. The van der Waals surface area contributed by atoms with E-state index in [1.54, 1.807) is 20.4 Å². The lowest BCUT2D eigenvalue weighted by molar-refractivity contribution is 0.0599. The van der Waals surface area contributed by atoms with Gasteiger partial charge in [-0.1, -0.05) is 0 Å². The number of carbonyl (C=O) groups is 2. The van der Waals surface area contributed by atoms with Crippen LogP contribution in [0, 0.1) is 6.92 Å². The molecule has 0 spiro atoms. The Kier molecular flexibility index (Phi) is 5.94. The highest BCUT2D eigenvalue weighted by molar-refractivity contribution is 5.97. The number of hydrogen-bond acceptors (Lipinski definition) is 6. The van der Waals surface area contributed by atoms with E-state index in [2.05, 4.69) is 15.0 Å². The van der Waals surface area contributed by atoms with Crippen molar-refractivity contribution in [1.29, 1.82) is 0 Å². The van der Waals surface area contributed by atoms with E-state index in [9.17, 15) is 9.59 Å². The van der Waals surface area contributed by atoms with E-state index in [0.29, 0.717) is 42.3 Å². The standard InChI is InChI=1S/C22H26N6O3/c1-14-16(20(23)29)12-24-21(26-14)19-5-3-4-8-28(19)22(30)15-6-7-18-17(11-15)25-13-27(18)9-10-31-2/h6-7,11-13,19H,3-5,8-10H2,1-2H3,(H2,23,29)/t19-/m0/s1. The van der Waals surface area contributed by atoms with Gasteiger partial charge >= 0.3 is 0 Å². The van der Waals surface area contributed by atoms with Gasteiger partial charge in [0, 0.05) is 32.0 Å². The quantitative estimate of drug-likeness (QED) is 0.651. The molecule has 0 bridgehead atoms. The summed E-state index contributed by atoms with van der Waals surface area (Å²) >= 11 is 0. The van der Waals surface area contributed by atoms with Gasteiger partial charge in [-0.25, -0.2) is 15.0 Å². The van der Waals surface area contributed by atoms with Gasteiger partial charge in [0.05, 0.1) is 41.3 Å². The van der Waals surface area contributed by atoms with Gasteiger partial charge in [0.2, 0.25) is 0 Å². The number of imidazole rings is 1. The van der Waals surface area contributed by atoms with Crippen LogP contribution in [0.5, 0.6) is 0 Å². The molecule has 1 aliphatic heterocycles. The summed E-state index contributed by atoms with van der Waals surface area (Å²) in [6.07, 6.45) is 5.90. The first-order valence-electron chi connectivity index (χ1n) is 10.4. The number of ether oxygens (including phenoxy) is 1. The summed E-state index contributed by atoms with van der Waals surface area (Å²) in [7, 11) is 1.66. The van der Waals surface area contributed by atoms with Gasteiger partial charge in [-0.3, -0.25) is 9.59 Å². The average Bonchev–Trinajstić information content (AvgIpc) is 3.19. The Morgan fingerprint density at radius 1 is 1.26 bits per heavy atom. The number of fused-ring (bicyclic) bond motifs is 1. The Morgan fingerprint density at radius 2 is 2.10 bits per heavy atom. The van der Waals surface area contributed by atoms with Crippen molar-refractivity contribution in [3.05, 3.63) is 53.4 Å². The predicted molar refractivity (Wildman–Crippen MR) is 115 cm³/mol. The van der Waals surface area contributed by atoms with Crippen molar-refractivity contribution < 1.29 is 14.3 Å². The second kappa shape index (κ2) is 8.81. The van der Waals surface area contributed by atoms with Crippen LogP contribution < -0.4 is 5.73 Å². The summed E-state index contributed by atoms with van der Waals surface area (Å²) in [5.74, 6) is -0.0855. The molecule has 2 N–H and O–H groups in total. The minimum absolute atomic E-state index is 0.0710. The molecule has 9 heteroatoms. The van der Waals surface area contributed by atoms with Gasteiger partial charge in [-0.05, 0) is 44.4 Å². The second-order valence-electron chi connectivity index (χ2n) is 7.74. The van der Waals surface area contributed by atoms with Crippen LogP contribution in [0.25, 0.3) is 11.0 Å². The predicted octanol–water partition coefficient (Wildman–Crippen LogP) is 2.25. The van der Waals surface area contributed by atoms with E-state index in [-0.39, 0.29) is 11.9 Å². The van der Waals surface area contributed by atoms with E-state index in [4.69, 9.17) is 10.5 Å². The first-order valence-corrected chi connectivity index (χ1v) is 10.4. The maximum absolute atomic E-state index is 13.4. The molecule has 3 aromatic rings. The smallest absolute Gasteiger partial charge is 0.254 e. The van der Waals surface area contributed by atoms with Crippen LogP contribution in [0.1, 0.15) is 57.5 Å². The van der Waals surface area contributed by atoms with Crippen LogP contribution in [0.3, 0.4) is 0 Å². The second-order valence-corrected chi connectivity index (χ2v) is 7.74. The average molecular weight is 422 g/mol. The van der Waals surface area contributed by atoms with Crippen LogP contribution in [0.4, 0.5) is 0 Å². The molecule has 1 saturated heterocycles. The molecule has 1 aliphatic rings. The molecule has 0 radical (unpaired) electrons. The Hall–Kier alpha value is -3.33. The third kappa shape index (κ3) is 4.13. The van der Waals surface area contributed by atoms with Crippen LogP contribution in [-0.2, 0) is 11.3 Å². The van der Waals surface area contributed by atoms with Crippen molar-refractivity contribution >= 4 is 22.8 Å². The van der Waals surface area contributed by atoms with Crippen LogP contribution in [0.15, 0.2) is 30.7 Å². The Balaban J connectivity index is 1.61. The third-order valence-electron chi connectivity index (χ3n) is 5.73. The van der Waals surface area contributed by atoms with E-state index in [0.717, 1.165) is 30.3 Å². The lowest BCUT2D eigenvalue weighted by Gasteiger charge is -2.35. The fraction of sp³-hybridized carbons (Fsp3) is 0.409. The lowest BCUT2D eigenvalue weighted by atomic mass is 9.99. The number of methoxy groups -OCH3 is 1. The minimum Gasteiger partial charge on any atom is -0.383 e. The highest BCUT2D eigenvalue weighted by Crippen LogP contribution is 2.31. The molecule has 162 valence electrons. The summed E-state index contributed by atoms with van der Waals surface area (Å²) in [5.41, 5.74) is 8.51. The van der Waals surface area contributed by atoms with Crippen molar-refractivity contribution in [3.8, 4) is 0 Å².